The molecule has 2 aromatic heterocycles. The van der Waals surface area contributed by atoms with E-state index in [1.807, 2.05) is 48.5 Å². The number of pyridine rings is 1. The molecular formula is C21H25N5. The van der Waals surface area contributed by atoms with Crippen LogP contribution in [0.15, 0.2) is 60.9 Å². The molecule has 3 rings (SSSR count). The third-order valence-electron chi connectivity index (χ3n) is 4.01. The van der Waals surface area contributed by atoms with Gasteiger partial charge in [0.1, 0.15) is 11.6 Å². The second kappa shape index (κ2) is 8.94. The summed E-state index contributed by atoms with van der Waals surface area (Å²) >= 11 is 0. The molecule has 0 radical (unpaired) electrons. The van der Waals surface area contributed by atoms with E-state index in [1.165, 1.54) is 0 Å². The summed E-state index contributed by atoms with van der Waals surface area (Å²) in [7, 11) is 0. The third kappa shape index (κ3) is 5.28. The average molecular weight is 347 g/mol. The fourth-order valence-corrected chi connectivity index (χ4v) is 2.53. The van der Waals surface area contributed by atoms with Crippen LogP contribution >= 0.6 is 0 Å². The van der Waals surface area contributed by atoms with Crippen molar-refractivity contribution < 1.29 is 0 Å². The fraction of sp³-hybridized carbons (Fsp3) is 0.286. The van der Waals surface area contributed by atoms with Gasteiger partial charge in [0.05, 0.1) is 0 Å². The van der Waals surface area contributed by atoms with Gasteiger partial charge in [-0.3, -0.25) is 4.98 Å². The lowest BCUT2D eigenvalue weighted by Crippen LogP contribution is -2.09. The Morgan fingerprint density at radius 1 is 0.885 bits per heavy atom. The van der Waals surface area contributed by atoms with Crippen LogP contribution in [0.4, 0.5) is 11.6 Å². The lowest BCUT2D eigenvalue weighted by molar-refractivity contribution is 0.606. The minimum Gasteiger partial charge on any atom is -0.370 e. The highest BCUT2D eigenvalue weighted by Crippen LogP contribution is 2.20. The predicted molar refractivity (Wildman–Crippen MR) is 107 cm³/mol. The molecule has 134 valence electrons. The quantitative estimate of drug-likeness (QED) is 0.623. The van der Waals surface area contributed by atoms with Gasteiger partial charge < -0.3 is 10.6 Å². The van der Waals surface area contributed by atoms with E-state index in [2.05, 4.69) is 39.4 Å². The van der Waals surface area contributed by atoms with Crippen LogP contribution in [0.25, 0.3) is 11.4 Å². The van der Waals surface area contributed by atoms with Crippen molar-refractivity contribution in [3.8, 4) is 11.4 Å². The molecule has 0 unspecified atom stereocenters. The zero-order chi connectivity index (χ0) is 18.2. The van der Waals surface area contributed by atoms with Crippen LogP contribution in [0, 0.1) is 5.92 Å². The zero-order valence-corrected chi connectivity index (χ0v) is 15.3. The van der Waals surface area contributed by atoms with E-state index in [1.54, 1.807) is 12.4 Å². The van der Waals surface area contributed by atoms with E-state index >= 15 is 0 Å². The minimum atomic E-state index is 0.655. The van der Waals surface area contributed by atoms with Crippen LogP contribution in [-0.4, -0.2) is 21.5 Å². The van der Waals surface area contributed by atoms with Crippen molar-refractivity contribution in [1.29, 1.82) is 0 Å². The van der Waals surface area contributed by atoms with Gasteiger partial charge in [-0.2, -0.15) is 0 Å². The van der Waals surface area contributed by atoms with Crippen LogP contribution in [0.3, 0.4) is 0 Å². The molecule has 0 aliphatic rings. The Morgan fingerprint density at radius 3 is 2.27 bits per heavy atom. The molecule has 1 aromatic carbocycles. The van der Waals surface area contributed by atoms with Crippen molar-refractivity contribution in [2.24, 2.45) is 5.92 Å². The van der Waals surface area contributed by atoms with Gasteiger partial charge in [0.2, 0.25) is 0 Å². The molecule has 0 aliphatic carbocycles. The van der Waals surface area contributed by atoms with Crippen LogP contribution in [0.5, 0.6) is 0 Å². The fourth-order valence-electron chi connectivity index (χ4n) is 2.53. The molecule has 0 saturated carbocycles. The molecule has 5 heteroatoms. The summed E-state index contributed by atoms with van der Waals surface area (Å²) in [4.78, 5) is 13.4. The molecule has 26 heavy (non-hydrogen) atoms. The van der Waals surface area contributed by atoms with Crippen molar-refractivity contribution in [2.45, 2.75) is 26.8 Å². The first kappa shape index (κ1) is 17.9. The van der Waals surface area contributed by atoms with Gasteiger partial charge in [-0.15, -0.1) is 0 Å². The Bertz CT molecular complexity index is 803. The normalized spacial score (nSPS) is 10.7. The number of nitrogens with zero attached hydrogens (tertiary/aromatic N) is 3. The summed E-state index contributed by atoms with van der Waals surface area (Å²) in [5.41, 5.74) is 2.17. The smallest absolute Gasteiger partial charge is 0.163 e. The van der Waals surface area contributed by atoms with Crippen molar-refractivity contribution >= 4 is 11.6 Å². The lowest BCUT2D eigenvalue weighted by atomic mass is 10.1. The number of rotatable bonds is 8. The maximum Gasteiger partial charge on any atom is 0.163 e. The average Bonchev–Trinajstić information content (AvgIpc) is 2.67. The molecule has 0 spiro atoms. The molecule has 0 saturated heterocycles. The van der Waals surface area contributed by atoms with E-state index in [-0.39, 0.29) is 0 Å². The van der Waals surface area contributed by atoms with Gasteiger partial charge in [0.15, 0.2) is 5.82 Å². The maximum atomic E-state index is 4.68. The van der Waals surface area contributed by atoms with Gasteiger partial charge in [0, 0.05) is 37.1 Å². The first-order chi connectivity index (χ1) is 12.7. The predicted octanol–water partition coefficient (Wildman–Crippen LogP) is 4.61. The summed E-state index contributed by atoms with van der Waals surface area (Å²) in [6.07, 6.45) is 4.70. The number of hydrogen-bond donors (Lipinski definition) is 2. The van der Waals surface area contributed by atoms with Gasteiger partial charge in [-0.25, -0.2) is 9.97 Å². The molecule has 2 heterocycles. The molecule has 0 amide bonds. The van der Waals surface area contributed by atoms with Crippen molar-refractivity contribution in [2.75, 3.05) is 17.2 Å². The monoisotopic (exact) mass is 347 g/mol. The molecule has 0 aliphatic heterocycles. The molecule has 2 N–H and O–H groups in total. The van der Waals surface area contributed by atoms with Gasteiger partial charge in [-0.05, 0) is 30.0 Å². The minimum absolute atomic E-state index is 0.655. The van der Waals surface area contributed by atoms with Crippen molar-refractivity contribution in [3.05, 3.63) is 66.5 Å². The van der Waals surface area contributed by atoms with Gasteiger partial charge in [0.25, 0.3) is 0 Å². The first-order valence-electron chi connectivity index (χ1n) is 9.02. The maximum absolute atomic E-state index is 4.68. The molecule has 0 bridgehead atoms. The number of nitrogens with one attached hydrogen (secondary N) is 2. The Morgan fingerprint density at radius 2 is 1.58 bits per heavy atom. The van der Waals surface area contributed by atoms with Gasteiger partial charge >= 0.3 is 0 Å². The van der Waals surface area contributed by atoms with Crippen LogP contribution in [0.1, 0.15) is 25.8 Å². The highest BCUT2D eigenvalue weighted by Gasteiger charge is 2.07. The highest BCUT2D eigenvalue weighted by molar-refractivity contribution is 5.61. The van der Waals surface area contributed by atoms with E-state index in [0.29, 0.717) is 12.5 Å². The standard InChI is InChI=1S/C21H25N5/c1-16(2)8-13-23-19-14-20(24-15-17-9-11-22-12-10-17)26-21(25-19)18-6-4-3-5-7-18/h3-7,9-12,14,16H,8,13,15H2,1-2H3,(H2,23,24,25,26). The van der Waals surface area contributed by atoms with Crippen LogP contribution in [0.2, 0.25) is 0 Å². The summed E-state index contributed by atoms with van der Waals surface area (Å²) in [6.45, 7) is 6.03. The number of hydrogen-bond acceptors (Lipinski definition) is 5. The molecular weight excluding hydrogens is 322 g/mol. The zero-order valence-electron chi connectivity index (χ0n) is 15.3. The number of benzene rings is 1. The largest absolute Gasteiger partial charge is 0.370 e. The Labute approximate surface area is 154 Å². The summed E-state index contributed by atoms with van der Waals surface area (Å²) in [5.74, 6) is 3.03. The Hall–Kier alpha value is -2.95. The van der Waals surface area contributed by atoms with Crippen LogP contribution in [-0.2, 0) is 6.54 Å². The molecule has 0 fully saturated rings. The third-order valence-corrected chi connectivity index (χ3v) is 4.01. The van der Waals surface area contributed by atoms with E-state index < -0.39 is 0 Å². The summed E-state index contributed by atoms with van der Waals surface area (Å²) in [6, 6.07) is 16.0. The molecule has 3 aromatic rings. The molecule has 5 nitrogen and oxygen atoms in total. The SMILES string of the molecule is CC(C)CCNc1cc(NCc2ccncc2)nc(-c2ccccc2)n1. The van der Waals surface area contributed by atoms with Gasteiger partial charge in [-0.1, -0.05) is 44.2 Å². The van der Waals surface area contributed by atoms with Crippen molar-refractivity contribution in [1.82, 2.24) is 15.0 Å². The van der Waals surface area contributed by atoms with E-state index in [9.17, 15) is 0 Å². The number of aromatic nitrogens is 3. The summed E-state index contributed by atoms with van der Waals surface area (Å²) in [5, 5.41) is 6.82. The molecule has 0 atom stereocenters. The van der Waals surface area contributed by atoms with E-state index in [4.69, 9.17) is 0 Å². The topological polar surface area (TPSA) is 62.7 Å². The first-order valence-corrected chi connectivity index (χ1v) is 9.02. The Balaban J connectivity index is 1.80. The van der Waals surface area contributed by atoms with E-state index in [0.717, 1.165) is 41.6 Å². The Kier molecular flexibility index (Phi) is 6.14. The lowest BCUT2D eigenvalue weighted by Gasteiger charge is -2.12. The van der Waals surface area contributed by atoms with Crippen molar-refractivity contribution in [3.63, 3.8) is 0 Å². The second-order valence-corrected chi connectivity index (χ2v) is 6.65. The second-order valence-electron chi connectivity index (χ2n) is 6.65. The highest BCUT2D eigenvalue weighted by atomic mass is 15.1. The summed E-state index contributed by atoms with van der Waals surface area (Å²) < 4.78 is 0. The number of anilines is 2. The van der Waals surface area contributed by atoms with Crippen LogP contribution < -0.4 is 10.6 Å².